The third-order valence-electron chi connectivity index (χ3n) is 2.14. The number of aliphatic hydroxyl groups is 2. The molecular weight excluding hydrogens is 238 g/mol. The Balaban J connectivity index is 3.00. The molecule has 0 saturated carbocycles. The van der Waals surface area contributed by atoms with Gasteiger partial charge in [-0.05, 0) is 6.07 Å². The molecule has 0 aliphatic carbocycles. The van der Waals surface area contributed by atoms with E-state index in [2.05, 4.69) is 10.5 Å². The number of hydrogen-bond acceptors (Lipinski definition) is 6. The van der Waals surface area contributed by atoms with Crippen LogP contribution in [-0.2, 0) is 4.79 Å². The summed E-state index contributed by atoms with van der Waals surface area (Å²) in [5.41, 5.74) is 0.399. The van der Waals surface area contributed by atoms with Gasteiger partial charge < -0.3 is 20.7 Å². The fourth-order valence-corrected chi connectivity index (χ4v) is 1.33. The van der Waals surface area contributed by atoms with Gasteiger partial charge in [0.2, 0.25) is 0 Å². The molecule has 1 amide bonds. The molecule has 2 atom stereocenters. The summed E-state index contributed by atoms with van der Waals surface area (Å²) < 4.78 is 0. The van der Waals surface area contributed by atoms with Crippen molar-refractivity contribution in [1.82, 2.24) is 0 Å². The molecule has 0 aliphatic rings. The van der Waals surface area contributed by atoms with Crippen LogP contribution in [0.2, 0.25) is 0 Å². The molecule has 94 valence electrons. The molecule has 2 unspecified atom stereocenters. The second-order valence-electron chi connectivity index (χ2n) is 3.34. The first-order chi connectivity index (χ1) is 8.60. The smallest absolute Gasteiger partial charge is 0.270 e. The van der Waals surface area contributed by atoms with E-state index < -0.39 is 18.1 Å². The summed E-state index contributed by atoms with van der Waals surface area (Å²) >= 11 is 0. The molecule has 0 heterocycles. The highest BCUT2D eigenvalue weighted by molar-refractivity contribution is 6.31. The molecule has 1 aromatic rings. The molecule has 7 nitrogen and oxygen atoms in total. The van der Waals surface area contributed by atoms with Crippen LogP contribution in [0.15, 0.2) is 29.4 Å². The molecule has 0 aliphatic heterocycles. The van der Waals surface area contributed by atoms with E-state index in [4.69, 9.17) is 10.5 Å². The number of nitriles is 1. The fraction of sp³-hybridized carbons (Fsp3) is 0.182. The summed E-state index contributed by atoms with van der Waals surface area (Å²) in [6.07, 6.45) is -2.41. The van der Waals surface area contributed by atoms with Crippen LogP contribution in [0.1, 0.15) is 11.7 Å². The van der Waals surface area contributed by atoms with Gasteiger partial charge in [0.25, 0.3) is 5.91 Å². The van der Waals surface area contributed by atoms with E-state index in [9.17, 15) is 15.0 Å². The average Bonchev–Trinajstić information content (AvgIpc) is 2.38. The van der Waals surface area contributed by atoms with Crippen molar-refractivity contribution >= 4 is 17.8 Å². The molecule has 1 aromatic carbocycles. The van der Waals surface area contributed by atoms with Gasteiger partial charge in [-0.15, -0.1) is 0 Å². The van der Waals surface area contributed by atoms with E-state index in [1.807, 2.05) is 0 Å². The highest BCUT2D eigenvalue weighted by Crippen LogP contribution is 2.24. The Kier molecular flexibility index (Phi) is 4.80. The van der Waals surface area contributed by atoms with Gasteiger partial charge in [-0.25, -0.2) is 0 Å². The lowest BCUT2D eigenvalue weighted by atomic mass is 10.0. The zero-order valence-corrected chi connectivity index (χ0v) is 9.19. The summed E-state index contributed by atoms with van der Waals surface area (Å²) in [4.78, 5) is 11.2. The summed E-state index contributed by atoms with van der Waals surface area (Å²) in [7, 11) is 0. The number of rotatable bonds is 4. The number of aliphatic hydroxyl groups excluding tert-OH is 2. The number of nitrogens with zero attached hydrogens (tertiary/aromatic N) is 2. The largest absolute Gasteiger partial charge is 0.411 e. The van der Waals surface area contributed by atoms with Crippen molar-refractivity contribution in [3.8, 4) is 6.07 Å². The second-order valence-corrected chi connectivity index (χ2v) is 3.34. The summed E-state index contributed by atoms with van der Waals surface area (Å²) in [5.74, 6) is -0.705. The van der Waals surface area contributed by atoms with Crippen LogP contribution in [-0.4, -0.2) is 33.6 Å². The third-order valence-corrected chi connectivity index (χ3v) is 2.14. The maximum atomic E-state index is 11.2. The van der Waals surface area contributed by atoms with Gasteiger partial charge in [-0.3, -0.25) is 4.79 Å². The number of carbonyl (C=O) groups is 1. The summed E-state index contributed by atoms with van der Waals surface area (Å²) in [6.45, 7) is 0. The van der Waals surface area contributed by atoms with Crippen LogP contribution in [0.4, 0.5) is 5.69 Å². The molecule has 18 heavy (non-hydrogen) atoms. The Morgan fingerprint density at radius 3 is 2.72 bits per heavy atom. The van der Waals surface area contributed by atoms with Crippen molar-refractivity contribution in [1.29, 1.82) is 5.26 Å². The number of hydrogen-bond donors (Lipinski definition) is 4. The Bertz CT molecular complexity index is 495. The Hall–Kier alpha value is -2.43. The standard InChI is InChI=1S/C11H11N3O4/c12-5-9(15)11(17)7-3-1-2-4-8(7)14-10(16)6-13-18/h1-4,6,9,11,15,17-18H,(H,14,16). The molecule has 0 radical (unpaired) electrons. The molecular formula is C11H11N3O4. The lowest BCUT2D eigenvalue weighted by molar-refractivity contribution is -0.110. The van der Waals surface area contributed by atoms with Gasteiger partial charge >= 0.3 is 0 Å². The maximum Gasteiger partial charge on any atom is 0.270 e. The minimum atomic E-state index is -1.60. The highest BCUT2D eigenvalue weighted by Gasteiger charge is 2.20. The topological polar surface area (TPSA) is 126 Å². The monoisotopic (exact) mass is 249 g/mol. The SMILES string of the molecule is N#CC(O)C(O)c1ccccc1NC(=O)C=NO. The van der Waals surface area contributed by atoms with Crippen LogP contribution < -0.4 is 5.32 Å². The van der Waals surface area contributed by atoms with Crippen molar-refractivity contribution in [2.24, 2.45) is 5.16 Å². The molecule has 7 heteroatoms. The lowest BCUT2D eigenvalue weighted by Crippen LogP contribution is -2.20. The Labute approximate surface area is 103 Å². The van der Waals surface area contributed by atoms with E-state index in [1.165, 1.54) is 18.2 Å². The molecule has 4 N–H and O–H groups in total. The van der Waals surface area contributed by atoms with Crippen molar-refractivity contribution < 1.29 is 20.2 Å². The highest BCUT2D eigenvalue weighted by atomic mass is 16.4. The van der Waals surface area contributed by atoms with Gasteiger partial charge in [0.1, 0.15) is 12.3 Å². The number of amides is 1. The van der Waals surface area contributed by atoms with Crippen molar-refractivity contribution in [3.05, 3.63) is 29.8 Å². The maximum absolute atomic E-state index is 11.2. The van der Waals surface area contributed by atoms with Crippen molar-refractivity contribution in [2.75, 3.05) is 5.32 Å². The summed E-state index contributed by atoms with van der Waals surface area (Å²) in [5, 5.41) is 40.6. The van der Waals surface area contributed by atoms with E-state index >= 15 is 0 Å². The average molecular weight is 249 g/mol. The van der Waals surface area contributed by atoms with Crippen LogP contribution >= 0.6 is 0 Å². The fourth-order valence-electron chi connectivity index (χ4n) is 1.33. The number of oxime groups is 1. The van der Waals surface area contributed by atoms with Gasteiger partial charge in [0.05, 0.1) is 6.07 Å². The quantitative estimate of drug-likeness (QED) is 0.258. The normalized spacial score (nSPS) is 13.8. The van der Waals surface area contributed by atoms with E-state index in [1.54, 1.807) is 12.1 Å². The molecule has 1 rings (SSSR count). The number of carbonyl (C=O) groups excluding carboxylic acids is 1. The Morgan fingerprint density at radius 2 is 2.11 bits per heavy atom. The van der Waals surface area contributed by atoms with Crippen molar-refractivity contribution in [2.45, 2.75) is 12.2 Å². The molecule has 0 saturated heterocycles. The Morgan fingerprint density at radius 1 is 1.44 bits per heavy atom. The second kappa shape index (κ2) is 6.34. The van der Waals surface area contributed by atoms with Gasteiger partial charge in [0.15, 0.2) is 6.10 Å². The third kappa shape index (κ3) is 3.28. The summed E-state index contributed by atoms with van der Waals surface area (Å²) in [6, 6.07) is 7.61. The van der Waals surface area contributed by atoms with E-state index in [0.717, 1.165) is 0 Å². The van der Waals surface area contributed by atoms with E-state index in [0.29, 0.717) is 6.21 Å². The van der Waals surface area contributed by atoms with Gasteiger partial charge in [-0.2, -0.15) is 5.26 Å². The number of nitrogens with one attached hydrogen (secondary N) is 1. The van der Waals surface area contributed by atoms with Crippen LogP contribution in [0.3, 0.4) is 0 Å². The number of para-hydroxylation sites is 1. The number of benzene rings is 1. The minimum Gasteiger partial charge on any atom is -0.411 e. The predicted octanol–water partition coefficient (Wildman–Crippen LogP) is 0.00298. The zero-order chi connectivity index (χ0) is 13.5. The van der Waals surface area contributed by atoms with Crippen molar-refractivity contribution in [3.63, 3.8) is 0 Å². The van der Waals surface area contributed by atoms with Crippen LogP contribution in [0.5, 0.6) is 0 Å². The van der Waals surface area contributed by atoms with E-state index in [-0.39, 0.29) is 11.3 Å². The number of anilines is 1. The molecule has 0 aromatic heterocycles. The molecule has 0 bridgehead atoms. The first-order valence-electron chi connectivity index (χ1n) is 4.93. The zero-order valence-electron chi connectivity index (χ0n) is 9.19. The van der Waals surface area contributed by atoms with Crippen LogP contribution in [0.25, 0.3) is 0 Å². The first kappa shape index (κ1) is 13.6. The first-order valence-corrected chi connectivity index (χ1v) is 4.93. The molecule has 0 spiro atoms. The van der Waals surface area contributed by atoms with Crippen LogP contribution in [0, 0.1) is 11.3 Å². The van der Waals surface area contributed by atoms with Gasteiger partial charge in [0, 0.05) is 11.3 Å². The van der Waals surface area contributed by atoms with Gasteiger partial charge in [-0.1, -0.05) is 23.4 Å². The lowest BCUT2D eigenvalue weighted by Gasteiger charge is -2.16. The predicted molar refractivity (Wildman–Crippen MR) is 61.9 cm³/mol. The molecule has 0 fully saturated rings. The minimum absolute atomic E-state index is 0.186.